The average Bonchev–Trinajstić information content (AvgIpc) is 2.38. The minimum atomic E-state index is -0.282. The largest absolute Gasteiger partial charge is 0.295 e. The fraction of sp³-hybridized carbons (Fsp3) is 0.444. The Balaban J connectivity index is 2.42. The van der Waals surface area contributed by atoms with Crippen LogP contribution < -0.4 is 0 Å². The van der Waals surface area contributed by atoms with E-state index in [0.717, 1.165) is 24.0 Å². The van der Waals surface area contributed by atoms with Crippen LogP contribution in [0.5, 0.6) is 0 Å². The standard InChI is InChI=1S/C18H22O2/c1-5-13-9-12(4)10-16(20)17(13)18-14(11(2)3)7-6-8-15(18)19/h5-6,8,10,13-14,17-18H,1-2,7,9H2,3-4H3/t13-,14+,17+,18+/m0/s1. The quantitative estimate of drug-likeness (QED) is 0.733. The molecule has 0 unspecified atom stereocenters. The summed E-state index contributed by atoms with van der Waals surface area (Å²) in [5, 5.41) is 0. The van der Waals surface area contributed by atoms with Crippen molar-refractivity contribution in [2.45, 2.75) is 26.7 Å². The van der Waals surface area contributed by atoms with E-state index in [-0.39, 0.29) is 35.2 Å². The number of hydrogen-bond donors (Lipinski definition) is 0. The van der Waals surface area contributed by atoms with Crippen LogP contribution in [0.15, 0.2) is 48.6 Å². The van der Waals surface area contributed by atoms with E-state index in [1.807, 2.05) is 26.0 Å². The summed E-state index contributed by atoms with van der Waals surface area (Å²) in [5.74, 6) is -0.320. The summed E-state index contributed by atoms with van der Waals surface area (Å²) >= 11 is 0. The lowest BCUT2D eigenvalue weighted by Crippen LogP contribution is -2.41. The molecule has 0 amide bonds. The second kappa shape index (κ2) is 5.74. The van der Waals surface area contributed by atoms with Gasteiger partial charge in [0, 0.05) is 11.8 Å². The van der Waals surface area contributed by atoms with Crippen molar-refractivity contribution in [3.63, 3.8) is 0 Å². The summed E-state index contributed by atoms with van der Waals surface area (Å²) in [5.41, 5.74) is 2.05. The molecule has 0 aromatic heterocycles. The zero-order chi connectivity index (χ0) is 14.9. The van der Waals surface area contributed by atoms with Gasteiger partial charge in [0.05, 0.1) is 0 Å². The van der Waals surface area contributed by atoms with Crippen molar-refractivity contribution in [3.8, 4) is 0 Å². The second-order valence-electron chi connectivity index (χ2n) is 6.04. The normalized spacial score (nSPS) is 33.8. The van der Waals surface area contributed by atoms with E-state index in [1.54, 1.807) is 12.2 Å². The highest BCUT2D eigenvalue weighted by molar-refractivity contribution is 6.01. The van der Waals surface area contributed by atoms with Gasteiger partial charge in [-0.05, 0) is 50.7 Å². The first kappa shape index (κ1) is 14.7. The van der Waals surface area contributed by atoms with Crippen LogP contribution in [-0.2, 0) is 9.59 Å². The highest BCUT2D eigenvalue weighted by Gasteiger charge is 2.43. The van der Waals surface area contributed by atoms with Gasteiger partial charge in [0.2, 0.25) is 0 Å². The van der Waals surface area contributed by atoms with Gasteiger partial charge in [0.25, 0.3) is 0 Å². The highest BCUT2D eigenvalue weighted by Crippen LogP contribution is 2.41. The number of hydrogen-bond acceptors (Lipinski definition) is 2. The van der Waals surface area contributed by atoms with Crippen LogP contribution in [0.25, 0.3) is 0 Å². The van der Waals surface area contributed by atoms with Crippen molar-refractivity contribution < 1.29 is 9.59 Å². The van der Waals surface area contributed by atoms with Gasteiger partial charge >= 0.3 is 0 Å². The SMILES string of the molecule is C=C[C@H]1CC(C)=CC(=O)[C@@H]1[C@H]1C(=O)C=CC[C@@H]1C(=C)C. The minimum absolute atomic E-state index is 0.0507. The lowest BCUT2D eigenvalue weighted by molar-refractivity contribution is -0.131. The maximum Gasteiger partial charge on any atom is 0.160 e. The van der Waals surface area contributed by atoms with Crippen molar-refractivity contribution in [3.05, 3.63) is 48.6 Å². The first-order chi connectivity index (χ1) is 9.45. The first-order valence-corrected chi connectivity index (χ1v) is 7.15. The zero-order valence-electron chi connectivity index (χ0n) is 12.3. The third kappa shape index (κ3) is 2.60. The van der Waals surface area contributed by atoms with Crippen LogP contribution in [0.2, 0.25) is 0 Å². The Morgan fingerprint density at radius 2 is 2.00 bits per heavy atom. The first-order valence-electron chi connectivity index (χ1n) is 7.15. The Morgan fingerprint density at radius 1 is 1.30 bits per heavy atom. The zero-order valence-corrected chi connectivity index (χ0v) is 12.3. The molecule has 0 N–H and O–H groups in total. The summed E-state index contributed by atoms with van der Waals surface area (Å²) in [4.78, 5) is 24.8. The highest BCUT2D eigenvalue weighted by atomic mass is 16.1. The van der Waals surface area contributed by atoms with E-state index in [9.17, 15) is 9.59 Å². The molecule has 0 bridgehead atoms. The van der Waals surface area contributed by atoms with E-state index in [4.69, 9.17) is 0 Å². The van der Waals surface area contributed by atoms with Crippen LogP contribution in [-0.4, -0.2) is 11.6 Å². The summed E-state index contributed by atoms with van der Waals surface area (Å²) in [6, 6.07) is 0. The van der Waals surface area contributed by atoms with Crippen molar-refractivity contribution >= 4 is 11.6 Å². The molecule has 4 atom stereocenters. The van der Waals surface area contributed by atoms with E-state index in [1.165, 1.54) is 0 Å². The fourth-order valence-corrected chi connectivity index (χ4v) is 3.50. The summed E-state index contributed by atoms with van der Waals surface area (Å²) in [7, 11) is 0. The molecule has 0 aliphatic heterocycles. The van der Waals surface area contributed by atoms with Crippen LogP contribution in [0.1, 0.15) is 26.7 Å². The third-order valence-electron chi connectivity index (χ3n) is 4.49. The Labute approximate surface area is 120 Å². The number of carbonyl (C=O) groups is 2. The van der Waals surface area contributed by atoms with E-state index in [2.05, 4.69) is 13.2 Å². The van der Waals surface area contributed by atoms with E-state index in [0.29, 0.717) is 0 Å². The van der Waals surface area contributed by atoms with E-state index < -0.39 is 0 Å². The molecule has 0 saturated heterocycles. The smallest absolute Gasteiger partial charge is 0.160 e. The predicted octanol–water partition coefficient (Wildman–Crippen LogP) is 3.66. The van der Waals surface area contributed by atoms with Gasteiger partial charge in [-0.3, -0.25) is 9.59 Å². The van der Waals surface area contributed by atoms with E-state index >= 15 is 0 Å². The second-order valence-corrected chi connectivity index (χ2v) is 6.04. The van der Waals surface area contributed by atoms with Crippen molar-refractivity contribution in [1.29, 1.82) is 0 Å². The molecule has 2 aliphatic rings. The number of rotatable bonds is 3. The molecular formula is C18H22O2. The van der Waals surface area contributed by atoms with Crippen LogP contribution in [0.4, 0.5) is 0 Å². The predicted molar refractivity (Wildman–Crippen MR) is 81.1 cm³/mol. The molecule has 2 rings (SSSR count). The number of ketones is 2. The van der Waals surface area contributed by atoms with Crippen molar-refractivity contribution in [2.24, 2.45) is 23.7 Å². The maximum atomic E-state index is 12.5. The Hall–Kier alpha value is -1.70. The topological polar surface area (TPSA) is 34.1 Å². The van der Waals surface area contributed by atoms with Gasteiger partial charge in [-0.1, -0.05) is 29.9 Å². The average molecular weight is 270 g/mol. The molecule has 0 fully saturated rings. The summed E-state index contributed by atoms with van der Waals surface area (Å²) in [6.45, 7) is 11.8. The summed E-state index contributed by atoms with van der Waals surface area (Å²) < 4.78 is 0. The molecule has 0 saturated carbocycles. The monoisotopic (exact) mass is 270 g/mol. The van der Waals surface area contributed by atoms with Gasteiger partial charge < -0.3 is 0 Å². The Morgan fingerprint density at radius 3 is 2.60 bits per heavy atom. The van der Waals surface area contributed by atoms with Gasteiger partial charge in [-0.15, -0.1) is 6.58 Å². The van der Waals surface area contributed by atoms with Gasteiger partial charge in [0.15, 0.2) is 11.6 Å². The number of carbonyl (C=O) groups excluding carboxylic acids is 2. The Kier molecular flexibility index (Phi) is 4.22. The molecule has 0 spiro atoms. The maximum absolute atomic E-state index is 12.5. The lowest BCUT2D eigenvalue weighted by Gasteiger charge is -2.38. The van der Waals surface area contributed by atoms with Gasteiger partial charge in [0.1, 0.15) is 0 Å². The van der Waals surface area contributed by atoms with Crippen molar-refractivity contribution in [1.82, 2.24) is 0 Å². The molecule has 0 aromatic carbocycles. The molecule has 0 aromatic rings. The molecular weight excluding hydrogens is 248 g/mol. The third-order valence-corrected chi connectivity index (χ3v) is 4.49. The molecule has 2 aliphatic carbocycles. The molecule has 0 heterocycles. The van der Waals surface area contributed by atoms with Crippen LogP contribution in [0, 0.1) is 23.7 Å². The van der Waals surface area contributed by atoms with Gasteiger partial charge in [-0.2, -0.15) is 0 Å². The summed E-state index contributed by atoms with van der Waals surface area (Å²) in [6.07, 6.45) is 8.67. The molecule has 20 heavy (non-hydrogen) atoms. The fourth-order valence-electron chi connectivity index (χ4n) is 3.50. The van der Waals surface area contributed by atoms with Gasteiger partial charge in [-0.25, -0.2) is 0 Å². The lowest BCUT2D eigenvalue weighted by atomic mass is 9.63. The Bertz CT molecular complexity index is 522. The van der Waals surface area contributed by atoms with Crippen LogP contribution in [0.3, 0.4) is 0 Å². The minimum Gasteiger partial charge on any atom is -0.295 e. The molecule has 106 valence electrons. The number of allylic oxidation sites excluding steroid dienone is 6. The van der Waals surface area contributed by atoms with Crippen LogP contribution >= 0.6 is 0 Å². The molecule has 0 radical (unpaired) electrons. The van der Waals surface area contributed by atoms with Crippen molar-refractivity contribution in [2.75, 3.05) is 0 Å². The molecule has 2 heteroatoms. The molecule has 2 nitrogen and oxygen atoms in total.